The molecule has 0 aromatic heterocycles. The Morgan fingerprint density at radius 3 is 2.82 bits per heavy atom. The van der Waals surface area contributed by atoms with Gasteiger partial charge in [0.1, 0.15) is 5.69 Å². The number of nitrogens with zero attached hydrogens (tertiary/aromatic N) is 1. The van der Waals surface area contributed by atoms with Crippen LogP contribution >= 0.6 is 0 Å². The van der Waals surface area contributed by atoms with Crippen molar-refractivity contribution >= 4 is 17.1 Å². The largest absolute Gasteiger partial charge is 0.394 e. The van der Waals surface area contributed by atoms with Crippen LogP contribution in [0.1, 0.15) is 0 Å². The minimum absolute atomic E-state index is 0.0779. The van der Waals surface area contributed by atoms with Crippen LogP contribution in [-0.2, 0) is 4.74 Å². The molecule has 17 heavy (non-hydrogen) atoms. The molecule has 0 amide bonds. The van der Waals surface area contributed by atoms with Gasteiger partial charge in [0.2, 0.25) is 0 Å². The number of nitrogens with two attached hydrogens (primary N) is 1. The second-order valence-corrected chi connectivity index (χ2v) is 3.51. The summed E-state index contributed by atoms with van der Waals surface area (Å²) in [4.78, 5) is 10.0. The van der Waals surface area contributed by atoms with Gasteiger partial charge in [0.05, 0.1) is 24.2 Å². The molecule has 7 nitrogen and oxygen atoms in total. The van der Waals surface area contributed by atoms with Gasteiger partial charge in [-0.2, -0.15) is 0 Å². The summed E-state index contributed by atoms with van der Waals surface area (Å²) in [5.41, 5.74) is 6.08. The lowest BCUT2D eigenvalue weighted by Crippen LogP contribution is -2.28. The zero-order valence-electron chi connectivity index (χ0n) is 9.42. The van der Waals surface area contributed by atoms with E-state index < -0.39 is 4.92 Å². The summed E-state index contributed by atoms with van der Waals surface area (Å²) in [5, 5.41) is 22.6. The molecule has 0 aliphatic heterocycles. The number of benzene rings is 1. The van der Waals surface area contributed by atoms with Gasteiger partial charge in [-0.25, -0.2) is 0 Å². The predicted octanol–water partition coefficient (Wildman–Crippen LogP) is 0.596. The van der Waals surface area contributed by atoms with Crippen LogP contribution in [-0.4, -0.2) is 36.4 Å². The van der Waals surface area contributed by atoms with Crippen LogP contribution in [0.25, 0.3) is 0 Å². The van der Waals surface area contributed by atoms with E-state index in [2.05, 4.69) is 5.32 Å². The van der Waals surface area contributed by atoms with Gasteiger partial charge in [0.15, 0.2) is 0 Å². The molecular weight excluding hydrogens is 226 g/mol. The normalized spacial score (nSPS) is 12.1. The Labute approximate surface area is 98.3 Å². The van der Waals surface area contributed by atoms with Crippen molar-refractivity contribution in [1.82, 2.24) is 0 Å². The molecule has 0 aliphatic rings. The van der Waals surface area contributed by atoms with E-state index in [0.29, 0.717) is 12.3 Å². The van der Waals surface area contributed by atoms with E-state index in [1.54, 1.807) is 0 Å². The van der Waals surface area contributed by atoms with Gasteiger partial charge < -0.3 is 20.9 Å². The number of nitro benzene ring substituents is 1. The second-order valence-electron chi connectivity index (χ2n) is 3.51. The lowest BCUT2D eigenvalue weighted by molar-refractivity contribution is -0.383. The molecule has 1 unspecified atom stereocenters. The summed E-state index contributed by atoms with van der Waals surface area (Å²) < 4.78 is 4.90. The Hall–Kier alpha value is -1.86. The number of nitrogen functional groups attached to an aromatic ring is 1. The first kappa shape index (κ1) is 13.2. The van der Waals surface area contributed by atoms with Crippen molar-refractivity contribution in [2.75, 3.05) is 31.4 Å². The number of ether oxygens (including phenoxy) is 1. The lowest BCUT2D eigenvalue weighted by Gasteiger charge is -2.16. The fourth-order valence-corrected chi connectivity index (χ4v) is 1.39. The first-order chi connectivity index (χ1) is 8.08. The summed E-state index contributed by atoms with van der Waals surface area (Å²) in [6, 6.07) is 4.03. The Balaban J connectivity index is 2.79. The number of nitro groups is 1. The van der Waals surface area contributed by atoms with Gasteiger partial charge in [-0.1, -0.05) is 0 Å². The van der Waals surface area contributed by atoms with Crippen molar-refractivity contribution in [3.8, 4) is 0 Å². The highest BCUT2D eigenvalue weighted by atomic mass is 16.6. The molecule has 0 saturated heterocycles. The first-order valence-electron chi connectivity index (χ1n) is 4.98. The van der Waals surface area contributed by atoms with E-state index in [0.717, 1.165) is 0 Å². The maximum absolute atomic E-state index is 10.6. The van der Waals surface area contributed by atoms with E-state index >= 15 is 0 Å². The zero-order valence-corrected chi connectivity index (χ0v) is 9.42. The van der Waals surface area contributed by atoms with Crippen LogP contribution in [0.2, 0.25) is 0 Å². The second kappa shape index (κ2) is 6.02. The topological polar surface area (TPSA) is 111 Å². The Morgan fingerprint density at radius 2 is 2.35 bits per heavy atom. The minimum Gasteiger partial charge on any atom is -0.394 e. The third kappa shape index (κ3) is 3.58. The molecule has 1 rings (SSSR count). The van der Waals surface area contributed by atoms with Crippen molar-refractivity contribution in [3.63, 3.8) is 0 Å². The summed E-state index contributed by atoms with van der Waals surface area (Å²) in [5.74, 6) is 0. The molecule has 0 radical (unpaired) electrons. The van der Waals surface area contributed by atoms with Crippen molar-refractivity contribution in [1.29, 1.82) is 0 Å². The summed E-state index contributed by atoms with van der Waals surface area (Å²) in [7, 11) is 1.52. The number of nitrogens with one attached hydrogen (secondary N) is 1. The highest BCUT2D eigenvalue weighted by Gasteiger charge is 2.13. The summed E-state index contributed by atoms with van der Waals surface area (Å²) in [6.07, 6.45) is 0. The van der Waals surface area contributed by atoms with E-state index in [4.69, 9.17) is 15.6 Å². The van der Waals surface area contributed by atoms with Crippen LogP contribution in [0.5, 0.6) is 0 Å². The molecule has 0 spiro atoms. The number of aliphatic hydroxyl groups excluding tert-OH is 1. The predicted molar refractivity (Wildman–Crippen MR) is 63.9 cm³/mol. The van der Waals surface area contributed by atoms with E-state index in [9.17, 15) is 10.1 Å². The SMILES string of the molecule is COCC(CO)Nc1ccc([N+](=O)[O-])c(N)c1. The number of hydrogen-bond donors (Lipinski definition) is 3. The maximum Gasteiger partial charge on any atom is 0.292 e. The van der Waals surface area contributed by atoms with Crippen LogP contribution < -0.4 is 11.1 Å². The van der Waals surface area contributed by atoms with Crippen LogP contribution in [0.15, 0.2) is 18.2 Å². The molecule has 0 saturated carbocycles. The standard InChI is InChI=1S/C10H15N3O4/c1-17-6-8(5-14)12-7-2-3-10(13(15)16)9(11)4-7/h2-4,8,12,14H,5-6,11H2,1H3. The van der Waals surface area contributed by atoms with Gasteiger partial charge in [0.25, 0.3) is 5.69 Å². The molecule has 7 heteroatoms. The lowest BCUT2D eigenvalue weighted by atomic mass is 10.2. The smallest absolute Gasteiger partial charge is 0.292 e. The highest BCUT2D eigenvalue weighted by Crippen LogP contribution is 2.24. The Morgan fingerprint density at radius 1 is 1.65 bits per heavy atom. The van der Waals surface area contributed by atoms with Crippen molar-refractivity contribution in [2.24, 2.45) is 0 Å². The first-order valence-corrected chi connectivity index (χ1v) is 4.98. The molecule has 0 aliphatic carbocycles. The highest BCUT2D eigenvalue weighted by molar-refractivity contribution is 5.66. The monoisotopic (exact) mass is 241 g/mol. The van der Waals surface area contributed by atoms with Crippen LogP contribution in [0, 0.1) is 10.1 Å². The number of rotatable bonds is 6. The fourth-order valence-electron chi connectivity index (χ4n) is 1.39. The third-order valence-electron chi connectivity index (χ3n) is 2.18. The third-order valence-corrected chi connectivity index (χ3v) is 2.18. The molecule has 94 valence electrons. The molecule has 0 fully saturated rings. The Bertz CT molecular complexity index is 397. The fraction of sp³-hybridized carbons (Fsp3) is 0.400. The van der Waals surface area contributed by atoms with Gasteiger partial charge in [-0.05, 0) is 12.1 Å². The van der Waals surface area contributed by atoms with E-state index in [1.165, 1.54) is 25.3 Å². The summed E-state index contributed by atoms with van der Waals surface area (Å²) >= 11 is 0. The van der Waals surface area contributed by atoms with Gasteiger partial charge >= 0.3 is 0 Å². The van der Waals surface area contributed by atoms with Crippen molar-refractivity contribution < 1.29 is 14.8 Å². The van der Waals surface area contributed by atoms with Gasteiger partial charge in [-0.15, -0.1) is 0 Å². The average molecular weight is 241 g/mol. The average Bonchev–Trinajstić information content (AvgIpc) is 2.28. The number of aliphatic hydroxyl groups is 1. The molecule has 1 aromatic carbocycles. The van der Waals surface area contributed by atoms with E-state index in [1.807, 2.05) is 0 Å². The Kier molecular flexibility index (Phi) is 4.68. The summed E-state index contributed by atoms with van der Waals surface area (Å²) in [6.45, 7) is 0.220. The maximum atomic E-state index is 10.6. The minimum atomic E-state index is -0.544. The van der Waals surface area contributed by atoms with Crippen LogP contribution in [0.4, 0.5) is 17.1 Å². The molecule has 0 bridgehead atoms. The van der Waals surface area contributed by atoms with Gasteiger partial charge in [0, 0.05) is 18.9 Å². The van der Waals surface area contributed by atoms with E-state index in [-0.39, 0.29) is 24.0 Å². The molecule has 0 heterocycles. The quantitative estimate of drug-likeness (QED) is 0.382. The number of methoxy groups -OCH3 is 1. The van der Waals surface area contributed by atoms with Crippen molar-refractivity contribution in [2.45, 2.75) is 6.04 Å². The molecule has 1 atom stereocenters. The van der Waals surface area contributed by atoms with Gasteiger partial charge in [-0.3, -0.25) is 10.1 Å². The molecule has 1 aromatic rings. The molecule has 4 N–H and O–H groups in total. The van der Waals surface area contributed by atoms with Crippen molar-refractivity contribution in [3.05, 3.63) is 28.3 Å². The number of anilines is 2. The zero-order chi connectivity index (χ0) is 12.8. The van der Waals surface area contributed by atoms with Crippen LogP contribution in [0.3, 0.4) is 0 Å². The number of hydrogen-bond acceptors (Lipinski definition) is 6. The molecular formula is C10H15N3O4.